The van der Waals surface area contributed by atoms with E-state index in [2.05, 4.69) is 22.2 Å². The standard InChI is InChI=1S/C12H20N4O/c1-3-17-11-9(13)10(14-8-15-11)16-12(2)6-4-5-7-12/h8H,3-7,13H2,1-2H3,(H,14,15,16). The number of nitrogens with two attached hydrogens (primary N) is 1. The fourth-order valence-electron chi connectivity index (χ4n) is 2.30. The highest BCUT2D eigenvalue weighted by atomic mass is 16.5. The molecule has 0 saturated heterocycles. The second-order valence-electron chi connectivity index (χ2n) is 4.77. The second-order valence-corrected chi connectivity index (χ2v) is 4.77. The van der Waals surface area contributed by atoms with Crippen LogP contribution >= 0.6 is 0 Å². The van der Waals surface area contributed by atoms with E-state index in [4.69, 9.17) is 10.5 Å². The van der Waals surface area contributed by atoms with E-state index in [1.165, 1.54) is 19.2 Å². The first kappa shape index (κ1) is 12.0. The molecule has 1 saturated carbocycles. The van der Waals surface area contributed by atoms with Gasteiger partial charge in [-0.2, -0.15) is 4.98 Å². The predicted octanol–water partition coefficient (Wildman–Crippen LogP) is 2.20. The number of aromatic nitrogens is 2. The molecule has 0 unspecified atom stereocenters. The number of rotatable bonds is 4. The van der Waals surface area contributed by atoms with Gasteiger partial charge in [0.05, 0.1) is 6.61 Å². The molecule has 3 N–H and O–H groups in total. The molecule has 0 amide bonds. The number of nitrogens with one attached hydrogen (secondary N) is 1. The molecule has 5 heteroatoms. The van der Waals surface area contributed by atoms with Crippen molar-refractivity contribution in [2.45, 2.75) is 45.1 Å². The zero-order chi connectivity index (χ0) is 12.3. The lowest BCUT2D eigenvalue weighted by Crippen LogP contribution is -2.31. The highest BCUT2D eigenvalue weighted by molar-refractivity contribution is 5.67. The summed E-state index contributed by atoms with van der Waals surface area (Å²) in [6.45, 7) is 4.67. The quantitative estimate of drug-likeness (QED) is 0.838. The maximum Gasteiger partial charge on any atom is 0.242 e. The summed E-state index contributed by atoms with van der Waals surface area (Å²) in [5, 5.41) is 3.43. The van der Waals surface area contributed by atoms with E-state index < -0.39 is 0 Å². The van der Waals surface area contributed by atoms with Gasteiger partial charge >= 0.3 is 0 Å². The summed E-state index contributed by atoms with van der Waals surface area (Å²) in [4.78, 5) is 8.23. The molecule has 17 heavy (non-hydrogen) atoms. The molecule has 1 aromatic heterocycles. The number of ether oxygens (including phenoxy) is 1. The lowest BCUT2D eigenvalue weighted by atomic mass is 10.0. The average molecular weight is 236 g/mol. The van der Waals surface area contributed by atoms with Crippen molar-refractivity contribution >= 4 is 11.5 Å². The normalized spacial score (nSPS) is 18.0. The van der Waals surface area contributed by atoms with Crippen molar-refractivity contribution in [3.8, 4) is 5.88 Å². The van der Waals surface area contributed by atoms with Crippen molar-refractivity contribution < 1.29 is 4.74 Å². The minimum atomic E-state index is 0.103. The number of anilines is 2. The molecule has 1 aliphatic rings. The van der Waals surface area contributed by atoms with E-state index >= 15 is 0 Å². The Morgan fingerprint density at radius 1 is 1.41 bits per heavy atom. The highest BCUT2D eigenvalue weighted by Crippen LogP contribution is 2.35. The average Bonchev–Trinajstić information content (AvgIpc) is 2.71. The highest BCUT2D eigenvalue weighted by Gasteiger charge is 2.29. The van der Waals surface area contributed by atoms with Gasteiger partial charge in [0.25, 0.3) is 0 Å². The summed E-state index contributed by atoms with van der Waals surface area (Å²) in [5.74, 6) is 1.15. The van der Waals surface area contributed by atoms with Crippen LogP contribution in [0.5, 0.6) is 5.88 Å². The number of nitrogen functional groups attached to an aromatic ring is 1. The van der Waals surface area contributed by atoms with Crippen LogP contribution in [0.2, 0.25) is 0 Å². The fourth-order valence-corrected chi connectivity index (χ4v) is 2.30. The molecule has 1 aliphatic carbocycles. The minimum Gasteiger partial charge on any atom is -0.476 e. The van der Waals surface area contributed by atoms with Crippen molar-refractivity contribution in [3.05, 3.63) is 6.33 Å². The van der Waals surface area contributed by atoms with Crippen LogP contribution in [-0.4, -0.2) is 22.1 Å². The lowest BCUT2D eigenvalue weighted by Gasteiger charge is -2.26. The summed E-state index contributed by atoms with van der Waals surface area (Å²) >= 11 is 0. The van der Waals surface area contributed by atoms with Crippen molar-refractivity contribution in [2.75, 3.05) is 17.7 Å². The third-order valence-corrected chi connectivity index (χ3v) is 3.26. The Kier molecular flexibility index (Phi) is 3.36. The van der Waals surface area contributed by atoms with Gasteiger partial charge in [-0.15, -0.1) is 0 Å². The third kappa shape index (κ3) is 2.60. The smallest absolute Gasteiger partial charge is 0.242 e. The van der Waals surface area contributed by atoms with Gasteiger partial charge in [0, 0.05) is 5.54 Å². The largest absolute Gasteiger partial charge is 0.476 e. The van der Waals surface area contributed by atoms with Gasteiger partial charge in [-0.05, 0) is 26.7 Å². The summed E-state index contributed by atoms with van der Waals surface area (Å²) in [6.07, 6.45) is 6.31. The summed E-state index contributed by atoms with van der Waals surface area (Å²) in [5.41, 5.74) is 6.60. The zero-order valence-corrected chi connectivity index (χ0v) is 10.5. The van der Waals surface area contributed by atoms with Gasteiger partial charge in [0.15, 0.2) is 5.82 Å². The molecular weight excluding hydrogens is 216 g/mol. The molecule has 0 radical (unpaired) electrons. The zero-order valence-electron chi connectivity index (χ0n) is 10.5. The molecule has 0 atom stereocenters. The first-order valence-corrected chi connectivity index (χ1v) is 6.16. The molecule has 1 fully saturated rings. The van der Waals surface area contributed by atoms with Crippen molar-refractivity contribution in [1.29, 1.82) is 0 Å². The van der Waals surface area contributed by atoms with Gasteiger partial charge in [0.1, 0.15) is 12.0 Å². The Balaban J connectivity index is 2.18. The van der Waals surface area contributed by atoms with E-state index in [1.54, 1.807) is 0 Å². The first-order chi connectivity index (χ1) is 8.14. The first-order valence-electron chi connectivity index (χ1n) is 6.16. The van der Waals surface area contributed by atoms with E-state index in [0.29, 0.717) is 24.0 Å². The topological polar surface area (TPSA) is 73.1 Å². The van der Waals surface area contributed by atoms with Crippen LogP contribution in [0.1, 0.15) is 39.5 Å². The Morgan fingerprint density at radius 2 is 2.12 bits per heavy atom. The van der Waals surface area contributed by atoms with E-state index in [9.17, 15) is 0 Å². The Morgan fingerprint density at radius 3 is 2.76 bits per heavy atom. The lowest BCUT2D eigenvalue weighted by molar-refractivity contribution is 0.328. The van der Waals surface area contributed by atoms with Crippen LogP contribution in [0.4, 0.5) is 11.5 Å². The van der Waals surface area contributed by atoms with Crippen LogP contribution in [0.3, 0.4) is 0 Å². The van der Waals surface area contributed by atoms with Crippen molar-refractivity contribution in [1.82, 2.24) is 9.97 Å². The van der Waals surface area contributed by atoms with Gasteiger partial charge in [-0.25, -0.2) is 4.98 Å². The van der Waals surface area contributed by atoms with Gasteiger partial charge < -0.3 is 15.8 Å². The van der Waals surface area contributed by atoms with Crippen molar-refractivity contribution in [3.63, 3.8) is 0 Å². The van der Waals surface area contributed by atoms with E-state index in [1.807, 2.05) is 6.92 Å². The molecule has 0 bridgehead atoms. The fraction of sp³-hybridized carbons (Fsp3) is 0.667. The van der Waals surface area contributed by atoms with Gasteiger partial charge in [-0.1, -0.05) is 12.8 Å². The van der Waals surface area contributed by atoms with Crippen molar-refractivity contribution in [2.24, 2.45) is 0 Å². The van der Waals surface area contributed by atoms with Crippen LogP contribution in [0.15, 0.2) is 6.33 Å². The molecular formula is C12H20N4O. The van der Waals surface area contributed by atoms with E-state index in [-0.39, 0.29) is 5.54 Å². The Hall–Kier alpha value is -1.52. The number of hydrogen-bond donors (Lipinski definition) is 2. The van der Waals surface area contributed by atoms with Crippen LogP contribution < -0.4 is 15.8 Å². The summed E-state index contributed by atoms with van der Waals surface area (Å²) in [6, 6.07) is 0. The second kappa shape index (κ2) is 4.77. The monoisotopic (exact) mass is 236 g/mol. The van der Waals surface area contributed by atoms with Crippen LogP contribution in [0, 0.1) is 0 Å². The van der Waals surface area contributed by atoms with Crippen LogP contribution in [0.25, 0.3) is 0 Å². The molecule has 94 valence electrons. The summed E-state index contributed by atoms with van der Waals surface area (Å²) in [7, 11) is 0. The molecule has 2 rings (SSSR count). The van der Waals surface area contributed by atoms with Crippen LogP contribution in [-0.2, 0) is 0 Å². The minimum absolute atomic E-state index is 0.103. The predicted molar refractivity (Wildman–Crippen MR) is 68.1 cm³/mol. The number of hydrogen-bond acceptors (Lipinski definition) is 5. The SMILES string of the molecule is CCOc1ncnc(NC2(C)CCCC2)c1N. The Labute approximate surface area is 102 Å². The molecule has 5 nitrogen and oxygen atoms in total. The maximum atomic E-state index is 5.99. The van der Waals surface area contributed by atoms with Gasteiger partial charge in [-0.3, -0.25) is 0 Å². The Bertz CT molecular complexity index is 388. The molecule has 0 spiro atoms. The maximum absolute atomic E-state index is 5.99. The van der Waals surface area contributed by atoms with Gasteiger partial charge in [0.2, 0.25) is 5.88 Å². The molecule has 1 heterocycles. The third-order valence-electron chi connectivity index (χ3n) is 3.26. The molecule has 0 aliphatic heterocycles. The molecule has 0 aromatic carbocycles. The summed E-state index contributed by atoms with van der Waals surface area (Å²) < 4.78 is 5.36. The molecule has 1 aromatic rings. The van der Waals surface area contributed by atoms with E-state index in [0.717, 1.165) is 12.8 Å². The number of nitrogens with zero attached hydrogens (tertiary/aromatic N) is 2.